The lowest BCUT2D eigenvalue weighted by Crippen LogP contribution is -2.39. The van der Waals surface area contributed by atoms with E-state index < -0.39 is 18.6 Å². The Hall–Kier alpha value is -3.75. The minimum Gasteiger partial charge on any atom is -0.480 e. The number of carboxylic acids is 1. The highest BCUT2D eigenvalue weighted by molar-refractivity contribution is 6.04. The second kappa shape index (κ2) is 10.9. The van der Waals surface area contributed by atoms with Crippen molar-refractivity contribution in [1.29, 1.82) is 0 Å². The molecular formula is C28H32N4O4. The average molecular weight is 489 g/mol. The molecule has 0 saturated heterocycles. The van der Waals surface area contributed by atoms with Crippen molar-refractivity contribution in [3.8, 4) is 11.1 Å². The van der Waals surface area contributed by atoms with Crippen molar-refractivity contribution in [2.24, 2.45) is 0 Å². The molecule has 1 aliphatic rings. The van der Waals surface area contributed by atoms with E-state index in [9.17, 15) is 14.7 Å². The van der Waals surface area contributed by atoms with E-state index in [0.717, 1.165) is 57.6 Å². The summed E-state index contributed by atoms with van der Waals surface area (Å²) in [6.07, 6.45) is 3.67. The van der Waals surface area contributed by atoms with E-state index in [2.05, 4.69) is 40.0 Å². The van der Waals surface area contributed by atoms with Gasteiger partial charge in [0, 0.05) is 31.2 Å². The molecule has 36 heavy (non-hydrogen) atoms. The van der Waals surface area contributed by atoms with Gasteiger partial charge >= 0.3 is 5.97 Å². The summed E-state index contributed by atoms with van der Waals surface area (Å²) in [4.78, 5) is 28.7. The number of amides is 1. The summed E-state index contributed by atoms with van der Waals surface area (Å²) in [5.41, 5.74) is 8.18. The number of rotatable bonds is 10. The quantitative estimate of drug-likeness (QED) is 0.291. The van der Waals surface area contributed by atoms with Crippen LogP contribution in [0.3, 0.4) is 0 Å². The lowest BCUT2D eigenvalue weighted by atomic mass is 9.94. The van der Waals surface area contributed by atoms with Gasteiger partial charge in [0.25, 0.3) is 5.91 Å². The van der Waals surface area contributed by atoms with E-state index in [-0.39, 0.29) is 12.5 Å². The topological polar surface area (TPSA) is 124 Å². The van der Waals surface area contributed by atoms with Gasteiger partial charge in [-0.2, -0.15) is 0 Å². The first kappa shape index (κ1) is 25.3. The van der Waals surface area contributed by atoms with Gasteiger partial charge < -0.3 is 20.8 Å². The summed E-state index contributed by atoms with van der Waals surface area (Å²) >= 11 is 0. The van der Waals surface area contributed by atoms with Gasteiger partial charge in [-0.15, -0.1) is 0 Å². The van der Waals surface area contributed by atoms with Crippen molar-refractivity contribution in [2.45, 2.75) is 45.2 Å². The van der Waals surface area contributed by atoms with Crippen molar-refractivity contribution < 1.29 is 19.8 Å². The van der Waals surface area contributed by atoms with Crippen LogP contribution in [-0.2, 0) is 11.3 Å². The van der Waals surface area contributed by atoms with Crippen molar-refractivity contribution in [2.75, 3.05) is 24.3 Å². The van der Waals surface area contributed by atoms with Crippen LogP contribution in [0, 0.1) is 13.8 Å². The number of aliphatic hydroxyl groups excluding tert-OH is 1. The van der Waals surface area contributed by atoms with E-state index in [1.807, 2.05) is 38.2 Å². The number of nitrogens with one attached hydrogen (secondary N) is 3. The molecule has 0 bridgehead atoms. The number of carboxylic acid groups (broad SMARTS) is 1. The predicted molar refractivity (Wildman–Crippen MR) is 140 cm³/mol. The van der Waals surface area contributed by atoms with Gasteiger partial charge in [-0.1, -0.05) is 24.3 Å². The first-order valence-corrected chi connectivity index (χ1v) is 12.1. The highest BCUT2D eigenvalue weighted by Gasteiger charge is 2.28. The van der Waals surface area contributed by atoms with Gasteiger partial charge in [0.05, 0.1) is 6.61 Å². The monoisotopic (exact) mass is 488 g/mol. The fourth-order valence-corrected chi connectivity index (χ4v) is 4.46. The SMILES string of the molecule is CNc1cccc(-c2cccc(NC(=O)c3cc(C4CC4)c(CN[C@@H](CO)C(=O)O)cn3)c2C)c1C. The Bertz CT molecular complexity index is 1290. The number of aliphatic hydroxyl groups is 1. The normalized spacial score (nSPS) is 13.8. The Morgan fingerprint density at radius 3 is 2.28 bits per heavy atom. The summed E-state index contributed by atoms with van der Waals surface area (Å²) in [5, 5.41) is 27.5. The van der Waals surface area contributed by atoms with E-state index in [1.165, 1.54) is 0 Å². The molecule has 0 radical (unpaired) electrons. The number of aliphatic carboxylic acids is 1. The second-order valence-electron chi connectivity index (χ2n) is 9.16. The maximum absolute atomic E-state index is 13.2. The Labute approximate surface area is 210 Å². The van der Waals surface area contributed by atoms with Crippen LogP contribution in [0.5, 0.6) is 0 Å². The highest BCUT2D eigenvalue weighted by atomic mass is 16.4. The molecular weight excluding hydrogens is 456 g/mol. The molecule has 4 rings (SSSR count). The molecule has 3 aromatic rings. The molecule has 8 heteroatoms. The Morgan fingerprint density at radius 2 is 1.69 bits per heavy atom. The van der Waals surface area contributed by atoms with Crippen molar-refractivity contribution in [1.82, 2.24) is 10.3 Å². The Morgan fingerprint density at radius 1 is 1.06 bits per heavy atom. The van der Waals surface area contributed by atoms with Gasteiger partial charge in [0.2, 0.25) is 0 Å². The van der Waals surface area contributed by atoms with Crippen LogP contribution in [0.15, 0.2) is 48.7 Å². The van der Waals surface area contributed by atoms with Gasteiger partial charge in [-0.25, -0.2) is 0 Å². The molecule has 1 saturated carbocycles. The summed E-state index contributed by atoms with van der Waals surface area (Å²) in [7, 11) is 1.90. The zero-order valence-electron chi connectivity index (χ0n) is 20.8. The minimum atomic E-state index is -1.11. The standard InChI is InChI=1S/C28H32N4O4/c1-16-20(6-4-8-23(16)29-3)21-7-5-9-24(17(21)2)32-27(34)25-12-22(18-10-11-18)19(13-30-25)14-31-26(15-33)28(35)36/h4-9,12-13,18,26,29,31,33H,10-11,14-15H2,1-3H3,(H,32,34)(H,35,36)/t26-/m0/s1. The van der Waals surface area contributed by atoms with Gasteiger partial charge in [0.1, 0.15) is 11.7 Å². The Kier molecular flexibility index (Phi) is 7.67. The van der Waals surface area contributed by atoms with E-state index >= 15 is 0 Å². The molecule has 2 aromatic carbocycles. The van der Waals surface area contributed by atoms with Crippen LogP contribution in [0.1, 0.15) is 51.5 Å². The van der Waals surface area contributed by atoms with Crippen LogP contribution in [0.2, 0.25) is 0 Å². The third-order valence-corrected chi connectivity index (χ3v) is 6.77. The van der Waals surface area contributed by atoms with Crippen molar-refractivity contribution in [3.63, 3.8) is 0 Å². The molecule has 1 heterocycles. The molecule has 8 nitrogen and oxygen atoms in total. The fourth-order valence-electron chi connectivity index (χ4n) is 4.46. The smallest absolute Gasteiger partial charge is 0.323 e. The third kappa shape index (κ3) is 5.40. The van der Waals surface area contributed by atoms with Gasteiger partial charge in [-0.05, 0) is 84.2 Å². The maximum Gasteiger partial charge on any atom is 0.323 e. The van der Waals surface area contributed by atoms with Crippen LogP contribution in [0.25, 0.3) is 11.1 Å². The summed E-state index contributed by atoms with van der Waals surface area (Å²) < 4.78 is 0. The number of anilines is 2. The molecule has 1 atom stereocenters. The summed E-state index contributed by atoms with van der Waals surface area (Å²) in [5.74, 6) is -1.07. The number of hydrogen-bond acceptors (Lipinski definition) is 6. The first-order chi connectivity index (χ1) is 17.3. The van der Waals surface area contributed by atoms with E-state index in [0.29, 0.717) is 11.6 Å². The zero-order chi connectivity index (χ0) is 25.8. The van der Waals surface area contributed by atoms with Gasteiger partial charge in [-0.3, -0.25) is 19.9 Å². The van der Waals surface area contributed by atoms with E-state index in [1.54, 1.807) is 12.3 Å². The molecule has 0 unspecified atom stereocenters. The number of hydrogen-bond donors (Lipinski definition) is 5. The van der Waals surface area contributed by atoms with Crippen molar-refractivity contribution >= 4 is 23.3 Å². The van der Waals surface area contributed by atoms with Crippen LogP contribution in [0.4, 0.5) is 11.4 Å². The number of carbonyl (C=O) groups excluding carboxylic acids is 1. The van der Waals surface area contributed by atoms with E-state index in [4.69, 9.17) is 5.11 Å². The maximum atomic E-state index is 13.2. The lowest BCUT2D eigenvalue weighted by Gasteiger charge is -2.17. The predicted octanol–water partition coefficient (Wildman–Crippen LogP) is 4.07. The molecule has 1 fully saturated rings. The summed E-state index contributed by atoms with van der Waals surface area (Å²) in [6.45, 7) is 3.82. The summed E-state index contributed by atoms with van der Waals surface area (Å²) in [6, 6.07) is 12.7. The molecule has 0 aliphatic heterocycles. The molecule has 1 aromatic heterocycles. The number of carbonyl (C=O) groups is 2. The Balaban J connectivity index is 1.56. The largest absolute Gasteiger partial charge is 0.480 e. The zero-order valence-corrected chi connectivity index (χ0v) is 20.8. The number of nitrogens with zero attached hydrogens (tertiary/aromatic N) is 1. The fraction of sp³-hybridized carbons (Fsp3) is 0.321. The van der Waals surface area contributed by atoms with Gasteiger partial charge in [0.15, 0.2) is 0 Å². The first-order valence-electron chi connectivity index (χ1n) is 12.1. The van der Waals surface area contributed by atoms with Crippen LogP contribution < -0.4 is 16.0 Å². The number of pyridine rings is 1. The minimum absolute atomic E-state index is 0.254. The second-order valence-corrected chi connectivity index (χ2v) is 9.16. The van der Waals surface area contributed by atoms with Crippen LogP contribution >= 0.6 is 0 Å². The number of benzene rings is 2. The molecule has 5 N–H and O–H groups in total. The van der Waals surface area contributed by atoms with Crippen molar-refractivity contribution in [3.05, 3.63) is 76.6 Å². The molecule has 1 amide bonds. The van der Waals surface area contributed by atoms with Crippen LogP contribution in [-0.4, -0.2) is 46.8 Å². The highest BCUT2D eigenvalue weighted by Crippen LogP contribution is 2.42. The molecule has 188 valence electrons. The molecule has 1 aliphatic carbocycles. The lowest BCUT2D eigenvalue weighted by molar-refractivity contribution is -0.140. The average Bonchev–Trinajstić information content (AvgIpc) is 3.71. The number of aromatic nitrogens is 1. The third-order valence-electron chi connectivity index (χ3n) is 6.77. The molecule has 0 spiro atoms.